The lowest BCUT2D eigenvalue weighted by molar-refractivity contribution is -0.159. The molecular formula is C23H20F4N4O2. The van der Waals surface area contributed by atoms with Gasteiger partial charge in [-0.25, -0.2) is 4.39 Å². The minimum absolute atomic E-state index is 0.0117. The normalized spacial score (nSPS) is 20.9. The average molecular weight is 460 g/mol. The third-order valence-electron chi connectivity index (χ3n) is 6.32. The monoisotopic (exact) mass is 460 g/mol. The van der Waals surface area contributed by atoms with E-state index in [1.54, 1.807) is 30.0 Å². The van der Waals surface area contributed by atoms with Crippen molar-refractivity contribution in [3.8, 4) is 11.4 Å². The third kappa shape index (κ3) is 3.88. The SMILES string of the molecule is Cc1cc([C@@H]2CNCC[C@H]2N2Cc3ccc(-c4noc(C(F)(F)F)n4)cc3C2=O)ccc1F. The number of hydrogen-bond donors (Lipinski definition) is 1. The van der Waals surface area contributed by atoms with E-state index in [9.17, 15) is 22.4 Å². The first-order valence-electron chi connectivity index (χ1n) is 10.5. The zero-order valence-electron chi connectivity index (χ0n) is 17.6. The molecule has 1 amide bonds. The lowest BCUT2D eigenvalue weighted by atomic mass is 9.85. The van der Waals surface area contributed by atoms with Crippen molar-refractivity contribution in [3.63, 3.8) is 0 Å². The molecule has 2 aliphatic rings. The largest absolute Gasteiger partial charge is 0.471 e. The van der Waals surface area contributed by atoms with Crippen LogP contribution in [0.1, 0.15) is 45.3 Å². The van der Waals surface area contributed by atoms with Crippen LogP contribution in [-0.2, 0) is 12.7 Å². The zero-order valence-corrected chi connectivity index (χ0v) is 17.6. The number of amides is 1. The number of fused-ring (bicyclic) bond motifs is 1. The van der Waals surface area contributed by atoms with Gasteiger partial charge in [0.25, 0.3) is 5.91 Å². The first-order chi connectivity index (χ1) is 15.7. The van der Waals surface area contributed by atoms with Crippen LogP contribution in [0.2, 0.25) is 0 Å². The Morgan fingerprint density at radius 1 is 1.18 bits per heavy atom. The summed E-state index contributed by atoms with van der Waals surface area (Å²) in [7, 11) is 0. The molecule has 172 valence electrons. The van der Waals surface area contributed by atoms with Gasteiger partial charge >= 0.3 is 12.1 Å². The Morgan fingerprint density at radius 3 is 2.73 bits per heavy atom. The van der Waals surface area contributed by atoms with Gasteiger partial charge in [-0.3, -0.25) is 4.79 Å². The lowest BCUT2D eigenvalue weighted by Crippen LogP contribution is -2.48. The average Bonchev–Trinajstić information content (AvgIpc) is 3.41. The molecule has 1 N–H and O–H groups in total. The van der Waals surface area contributed by atoms with E-state index in [-0.39, 0.29) is 35.1 Å². The molecule has 10 heteroatoms. The summed E-state index contributed by atoms with van der Waals surface area (Å²) in [6, 6.07) is 9.74. The van der Waals surface area contributed by atoms with Gasteiger partial charge in [0.05, 0.1) is 0 Å². The molecule has 1 aromatic heterocycles. The molecule has 0 radical (unpaired) electrons. The van der Waals surface area contributed by atoms with Crippen LogP contribution in [0.5, 0.6) is 0 Å². The Kier molecular flexibility index (Phi) is 5.19. The van der Waals surface area contributed by atoms with Crippen molar-refractivity contribution in [2.45, 2.75) is 38.0 Å². The molecule has 0 bridgehead atoms. The molecule has 0 aliphatic carbocycles. The predicted octanol–water partition coefficient (Wildman–Crippen LogP) is 4.30. The van der Waals surface area contributed by atoms with Gasteiger partial charge in [-0.1, -0.05) is 29.4 Å². The molecule has 2 aliphatic heterocycles. The summed E-state index contributed by atoms with van der Waals surface area (Å²) in [5, 5.41) is 6.76. The minimum Gasteiger partial charge on any atom is -0.331 e. The summed E-state index contributed by atoms with van der Waals surface area (Å²) in [6.07, 6.45) is -4.01. The summed E-state index contributed by atoms with van der Waals surface area (Å²) in [4.78, 5) is 18.6. The van der Waals surface area contributed by atoms with Crippen molar-refractivity contribution in [2.75, 3.05) is 13.1 Å². The molecule has 0 spiro atoms. The highest BCUT2D eigenvalue weighted by molar-refractivity contribution is 5.99. The second kappa shape index (κ2) is 7.95. The highest BCUT2D eigenvalue weighted by Crippen LogP contribution is 2.36. The number of aryl methyl sites for hydroxylation is 1. The van der Waals surface area contributed by atoms with Gasteiger partial charge < -0.3 is 14.7 Å². The molecule has 2 atom stereocenters. The van der Waals surface area contributed by atoms with Crippen molar-refractivity contribution in [3.05, 3.63) is 70.4 Å². The molecule has 2 aromatic carbocycles. The highest BCUT2D eigenvalue weighted by Gasteiger charge is 2.40. The predicted molar refractivity (Wildman–Crippen MR) is 110 cm³/mol. The highest BCUT2D eigenvalue weighted by atomic mass is 19.4. The summed E-state index contributed by atoms with van der Waals surface area (Å²) < 4.78 is 56.5. The van der Waals surface area contributed by atoms with E-state index in [4.69, 9.17) is 0 Å². The van der Waals surface area contributed by atoms with Crippen LogP contribution >= 0.6 is 0 Å². The summed E-state index contributed by atoms with van der Waals surface area (Å²) in [6.45, 7) is 3.51. The fourth-order valence-corrected chi connectivity index (χ4v) is 4.64. The fourth-order valence-electron chi connectivity index (χ4n) is 4.64. The van der Waals surface area contributed by atoms with Gasteiger partial charge in [0.1, 0.15) is 5.82 Å². The number of benzene rings is 2. The first-order valence-corrected chi connectivity index (χ1v) is 10.5. The molecular weight excluding hydrogens is 440 g/mol. The van der Waals surface area contributed by atoms with E-state index >= 15 is 0 Å². The van der Waals surface area contributed by atoms with Crippen molar-refractivity contribution < 1.29 is 26.9 Å². The van der Waals surface area contributed by atoms with E-state index in [0.29, 0.717) is 24.2 Å². The van der Waals surface area contributed by atoms with Gasteiger partial charge in [0.15, 0.2) is 0 Å². The van der Waals surface area contributed by atoms with Crippen LogP contribution in [0.15, 0.2) is 40.9 Å². The maximum Gasteiger partial charge on any atom is 0.471 e. The van der Waals surface area contributed by atoms with Gasteiger partial charge in [-0.15, -0.1) is 0 Å². The van der Waals surface area contributed by atoms with E-state index < -0.39 is 12.1 Å². The number of carbonyl (C=O) groups is 1. The second-order valence-corrected chi connectivity index (χ2v) is 8.40. The number of carbonyl (C=O) groups excluding carboxylic acids is 1. The molecule has 1 fully saturated rings. The number of nitrogens with zero attached hydrogens (tertiary/aromatic N) is 3. The summed E-state index contributed by atoms with van der Waals surface area (Å²) in [5.41, 5.74) is 2.99. The maximum absolute atomic E-state index is 13.8. The Morgan fingerprint density at radius 2 is 2.00 bits per heavy atom. The Bertz CT molecular complexity index is 1220. The van der Waals surface area contributed by atoms with Gasteiger partial charge in [0, 0.05) is 36.2 Å². The molecule has 0 saturated carbocycles. The first kappa shape index (κ1) is 21.6. The molecule has 5 rings (SSSR count). The van der Waals surface area contributed by atoms with E-state index in [1.165, 1.54) is 12.1 Å². The van der Waals surface area contributed by atoms with E-state index in [2.05, 4.69) is 20.0 Å². The molecule has 3 heterocycles. The van der Waals surface area contributed by atoms with Gasteiger partial charge in [-0.05, 0) is 48.7 Å². The van der Waals surface area contributed by atoms with Gasteiger partial charge in [-0.2, -0.15) is 18.2 Å². The minimum atomic E-state index is -4.74. The number of alkyl halides is 3. The molecule has 3 aromatic rings. The van der Waals surface area contributed by atoms with Crippen molar-refractivity contribution in [2.24, 2.45) is 0 Å². The second-order valence-electron chi connectivity index (χ2n) is 8.40. The van der Waals surface area contributed by atoms with E-state index in [0.717, 1.165) is 24.1 Å². The van der Waals surface area contributed by atoms with Crippen LogP contribution in [-0.4, -0.2) is 40.1 Å². The molecule has 33 heavy (non-hydrogen) atoms. The number of rotatable bonds is 3. The lowest BCUT2D eigenvalue weighted by Gasteiger charge is -2.38. The molecule has 1 saturated heterocycles. The molecule has 6 nitrogen and oxygen atoms in total. The van der Waals surface area contributed by atoms with Crippen LogP contribution in [0.4, 0.5) is 17.6 Å². The smallest absolute Gasteiger partial charge is 0.331 e. The van der Waals surface area contributed by atoms with Crippen molar-refractivity contribution in [1.82, 2.24) is 20.4 Å². The standard InChI is InChI=1S/C23H20F4N4O2/c1-12-8-13(4-5-18(12)24)17-10-28-7-6-19(17)31-11-15-3-2-14(9-16(15)21(31)32)20-29-22(33-30-20)23(25,26)27/h2-5,8-9,17,19,28H,6-7,10-11H2,1H3/t17-,19+/m0/s1. The van der Waals surface area contributed by atoms with Crippen LogP contribution in [0.3, 0.4) is 0 Å². The van der Waals surface area contributed by atoms with Crippen molar-refractivity contribution >= 4 is 5.91 Å². The molecule has 0 unspecified atom stereocenters. The fraction of sp³-hybridized carbons (Fsp3) is 0.348. The Labute approximate surface area is 186 Å². The topological polar surface area (TPSA) is 71.3 Å². The number of piperidine rings is 1. The zero-order chi connectivity index (χ0) is 23.3. The van der Waals surface area contributed by atoms with Crippen LogP contribution < -0.4 is 5.32 Å². The van der Waals surface area contributed by atoms with Crippen molar-refractivity contribution in [1.29, 1.82) is 0 Å². The third-order valence-corrected chi connectivity index (χ3v) is 6.32. The summed E-state index contributed by atoms with van der Waals surface area (Å²) in [5.74, 6) is -2.13. The van der Waals surface area contributed by atoms with Crippen LogP contribution in [0, 0.1) is 12.7 Å². The number of nitrogens with one attached hydrogen (secondary N) is 1. The maximum atomic E-state index is 13.8. The quantitative estimate of drug-likeness (QED) is 0.590. The number of hydrogen-bond acceptors (Lipinski definition) is 5. The number of aromatic nitrogens is 2. The van der Waals surface area contributed by atoms with Gasteiger partial charge in [0.2, 0.25) is 5.82 Å². The summed E-state index contributed by atoms with van der Waals surface area (Å²) >= 11 is 0. The van der Waals surface area contributed by atoms with Crippen LogP contribution in [0.25, 0.3) is 11.4 Å². The van der Waals surface area contributed by atoms with E-state index in [1.807, 2.05) is 6.07 Å². The Hall–Kier alpha value is -3.27. The Balaban J connectivity index is 1.43. The number of halogens is 4.